The van der Waals surface area contributed by atoms with E-state index < -0.39 is 19.1 Å². The van der Waals surface area contributed by atoms with Crippen molar-refractivity contribution in [2.45, 2.75) is 5.66 Å². The number of rotatable bonds is 3. The van der Waals surface area contributed by atoms with Crippen molar-refractivity contribution in [2.24, 2.45) is 0 Å². The topological polar surface area (TPSA) is 57.5 Å². The van der Waals surface area contributed by atoms with Crippen LogP contribution in [-0.4, -0.2) is 9.79 Å². The van der Waals surface area contributed by atoms with Crippen LogP contribution in [0, 0.1) is 5.82 Å². The summed E-state index contributed by atoms with van der Waals surface area (Å²) in [5.41, 5.74) is -0.146. The highest BCUT2D eigenvalue weighted by Gasteiger charge is 2.31. The largest absolute Gasteiger partial charge is 0.337 e. The molecule has 0 saturated heterocycles. The van der Waals surface area contributed by atoms with E-state index in [1.165, 1.54) is 24.3 Å². The first-order valence-corrected chi connectivity index (χ1v) is 7.02. The predicted molar refractivity (Wildman–Crippen MR) is 66.7 cm³/mol. The highest BCUT2D eigenvalue weighted by atomic mass is 31.2. The first-order chi connectivity index (χ1) is 8.48. The van der Waals surface area contributed by atoms with Gasteiger partial charge in [0.25, 0.3) is 0 Å². The van der Waals surface area contributed by atoms with Crippen molar-refractivity contribution in [1.29, 1.82) is 0 Å². The molecule has 0 aliphatic rings. The van der Waals surface area contributed by atoms with Crippen LogP contribution in [0.25, 0.3) is 0 Å². The molecule has 0 amide bonds. The Hall–Kier alpha value is -1.48. The van der Waals surface area contributed by atoms with Gasteiger partial charge < -0.3 is 9.79 Å². The highest BCUT2D eigenvalue weighted by Crippen LogP contribution is 2.55. The normalized spacial score (nSPS) is 13.3. The molecule has 5 heteroatoms. The van der Waals surface area contributed by atoms with Crippen LogP contribution >= 0.6 is 7.60 Å². The zero-order valence-electron chi connectivity index (χ0n) is 9.40. The fraction of sp³-hybridized carbons (Fsp3) is 0.0769. The molecule has 0 bridgehead atoms. The van der Waals surface area contributed by atoms with Crippen molar-refractivity contribution in [3.8, 4) is 0 Å². The van der Waals surface area contributed by atoms with Gasteiger partial charge in [0.1, 0.15) is 11.5 Å². The number of hydrogen-bond acceptors (Lipinski definition) is 1. The van der Waals surface area contributed by atoms with Crippen molar-refractivity contribution in [3.63, 3.8) is 0 Å². The summed E-state index contributed by atoms with van der Waals surface area (Å²) < 4.78 is 24.5. The number of halogens is 1. The van der Waals surface area contributed by atoms with Gasteiger partial charge in [-0.15, -0.1) is 0 Å². The molecule has 2 rings (SSSR count). The zero-order chi connectivity index (χ0) is 13.2. The zero-order valence-corrected chi connectivity index (χ0v) is 10.3. The summed E-state index contributed by atoms with van der Waals surface area (Å²) >= 11 is 0. The van der Waals surface area contributed by atoms with Crippen LogP contribution in [0.5, 0.6) is 0 Å². The second-order valence-electron chi connectivity index (χ2n) is 3.95. The Morgan fingerprint density at radius 2 is 1.39 bits per heavy atom. The van der Waals surface area contributed by atoms with E-state index in [4.69, 9.17) is 0 Å². The van der Waals surface area contributed by atoms with Gasteiger partial charge in [0.2, 0.25) is 0 Å². The number of benzene rings is 2. The maximum absolute atomic E-state index is 12.9. The van der Waals surface area contributed by atoms with Crippen LogP contribution in [0.4, 0.5) is 4.39 Å². The molecule has 1 atom stereocenters. The highest BCUT2D eigenvalue weighted by molar-refractivity contribution is 7.52. The monoisotopic (exact) mass is 266 g/mol. The molecule has 0 fully saturated rings. The second-order valence-corrected chi connectivity index (χ2v) is 5.65. The summed E-state index contributed by atoms with van der Waals surface area (Å²) in [6, 6.07) is 13.7. The van der Waals surface area contributed by atoms with Crippen LogP contribution in [0.3, 0.4) is 0 Å². The lowest BCUT2D eigenvalue weighted by Gasteiger charge is -2.19. The van der Waals surface area contributed by atoms with Gasteiger partial charge in [-0.3, -0.25) is 4.57 Å². The van der Waals surface area contributed by atoms with Crippen molar-refractivity contribution in [1.82, 2.24) is 0 Å². The van der Waals surface area contributed by atoms with Gasteiger partial charge in [-0.05, 0) is 23.3 Å². The van der Waals surface area contributed by atoms with Gasteiger partial charge in [-0.2, -0.15) is 0 Å². The first kappa shape index (κ1) is 13.0. The van der Waals surface area contributed by atoms with Gasteiger partial charge in [-0.25, -0.2) is 4.39 Å². The minimum Gasteiger partial charge on any atom is -0.324 e. The van der Waals surface area contributed by atoms with E-state index in [9.17, 15) is 18.7 Å². The molecule has 18 heavy (non-hydrogen) atoms. The van der Waals surface area contributed by atoms with Crippen molar-refractivity contribution >= 4 is 7.60 Å². The molecular formula is C13H12FO3P. The minimum atomic E-state index is -4.36. The lowest BCUT2D eigenvalue weighted by Crippen LogP contribution is -2.02. The van der Waals surface area contributed by atoms with E-state index in [1.807, 2.05) is 0 Å². The molecule has 2 N–H and O–H groups in total. The van der Waals surface area contributed by atoms with Gasteiger partial charge in [-0.1, -0.05) is 42.5 Å². The SMILES string of the molecule is O=P(O)(O)C(c1ccccc1)c1ccc(F)cc1. The van der Waals surface area contributed by atoms with E-state index in [-0.39, 0.29) is 0 Å². The molecule has 0 aromatic heterocycles. The Morgan fingerprint density at radius 1 is 0.889 bits per heavy atom. The predicted octanol–water partition coefficient (Wildman–Crippen LogP) is 3.09. The van der Waals surface area contributed by atoms with Crippen molar-refractivity contribution in [2.75, 3.05) is 0 Å². The molecular weight excluding hydrogens is 254 g/mol. The fourth-order valence-electron chi connectivity index (χ4n) is 1.86. The van der Waals surface area contributed by atoms with E-state index in [0.29, 0.717) is 11.1 Å². The third-order valence-electron chi connectivity index (χ3n) is 2.64. The molecule has 0 spiro atoms. The Kier molecular flexibility index (Phi) is 3.62. The van der Waals surface area contributed by atoms with Gasteiger partial charge in [0, 0.05) is 0 Å². The summed E-state index contributed by atoms with van der Waals surface area (Å²) in [4.78, 5) is 18.9. The van der Waals surface area contributed by atoms with Crippen LogP contribution in [0.1, 0.15) is 16.8 Å². The van der Waals surface area contributed by atoms with Gasteiger partial charge >= 0.3 is 7.60 Å². The molecule has 0 aliphatic carbocycles. The molecule has 0 radical (unpaired) electrons. The van der Waals surface area contributed by atoms with Gasteiger partial charge in [0.15, 0.2) is 0 Å². The smallest absolute Gasteiger partial charge is 0.324 e. The van der Waals surface area contributed by atoms with Crippen molar-refractivity contribution in [3.05, 3.63) is 71.5 Å². The Morgan fingerprint density at radius 3 is 1.89 bits per heavy atom. The molecule has 0 saturated carbocycles. The standard InChI is InChI=1S/C13H12FO3P/c14-12-8-6-11(7-9-12)13(18(15,16)17)10-4-2-1-3-5-10/h1-9,13H,(H2,15,16,17). The van der Waals surface area contributed by atoms with E-state index >= 15 is 0 Å². The third-order valence-corrected chi connectivity index (χ3v) is 3.91. The average molecular weight is 266 g/mol. The maximum atomic E-state index is 12.9. The van der Waals surface area contributed by atoms with Crippen LogP contribution in [0.2, 0.25) is 0 Å². The molecule has 0 heterocycles. The molecule has 1 unspecified atom stereocenters. The Bertz CT molecular complexity index is 563. The van der Waals surface area contributed by atoms with Crippen LogP contribution in [-0.2, 0) is 4.57 Å². The first-order valence-electron chi connectivity index (χ1n) is 5.34. The van der Waals surface area contributed by atoms with E-state index in [0.717, 1.165) is 0 Å². The molecule has 2 aromatic carbocycles. The minimum absolute atomic E-state index is 0.399. The third kappa shape index (κ3) is 2.85. The van der Waals surface area contributed by atoms with Crippen molar-refractivity contribution < 1.29 is 18.7 Å². The molecule has 3 nitrogen and oxygen atoms in total. The number of hydrogen-bond donors (Lipinski definition) is 2. The maximum Gasteiger partial charge on any atom is 0.337 e. The van der Waals surface area contributed by atoms with Gasteiger partial charge in [0.05, 0.1) is 0 Å². The lowest BCUT2D eigenvalue weighted by molar-refractivity contribution is 0.364. The molecule has 94 valence electrons. The summed E-state index contributed by atoms with van der Waals surface area (Å²) in [6.07, 6.45) is 0. The summed E-state index contributed by atoms with van der Waals surface area (Å²) in [7, 11) is -4.36. The lowest BCUT2D eigenvalue weighted by atomic mass is 10.0. The Labute approximate surface area is 104 Å². The quantitative estimate of drug-likeness (QED) is 0.839. The van der Waals surface area contributed by atoms with Crippen LogP contribution < -0.4 is 0 Å². The summed E-state index contributed by atoms with van der Waals surface area (Å²) in [6.45, 7) is 0. The average Bonchev–Trinajstić information content (AvgIpc) is 2.32. The Balaban J connectivity index is 2.51. The van der Waals surface area contributed by atoms with Crippen LogP contribution in [0.15, 0.2) is 54.6 Å². The fourth-order valence-corrected chi connectivity index (χ4v) is 2.98. The summed E-state index contributed by atoms with van der Waals surface area (Å²) in [5.74, 6) is -0.434. The second kappa shape index (κ2) is 5.02. The van der Waals surface area contributed by atoms with E-state index in [1.54, 1.807) is 30.3 Å². The molecule has 2 aromatic rings. The van der Waals surface area contributed by atoms with E-state index in [2.05, 4.69) is 0 Å². The summed E-state index contributed by atoms with van der Waals surface area (Å²) in [5, 5.41) is 0. The molecule has 0 aliphatic heterocycles.